The molecule has 0 aliphatic carbocycles. The van der Waals surface area contributed by atoms with E-state index in [0.717, 1.165) is 17.8 Å². The van der Waals surface area contributed by atoms with Crippen molar-refractivity contribution in [1.82, 2.24) is 4.57 Å². The summed E-state index contributed by atoms with van der Waals surface area (Å²) in [4.78, 5) is 0. The summed E-state index contributed by atoms with van der Waals surface area (Å²) in [7, 11) is 0. The van der Waals surface area contributed by atoms with E-state index in [1.54, 1.807) is 0 Å². The van der Waals surface area contributed by atoms with E-state index < -0.39 is 0 Å². The van der Waals surface area contributed by atoms with Crippen LogP contribution in [0.25, 0.3) is 5.69 Å². The van der Waals surface area contributed by atoms with Gasteiger partial charge in [0.1, 0.15) is 0 Å². The number of hydrogen-bond acceptors (Lipinski definition) is 1. The molecule has 0 bridgehead atoms. The van der Waals surface area contributed by atoms with Crippen LogP contribution < -0.4 is 0 Å². The van der Waals surface area contributed by atoms with Crippen LogP contribution in [0.2, 0.25) is 0 Å². The maximum Gasteiger partial charge on any atom is 0.0839 e. The van der Waals surface area contributed by atoms with Crippen molar-refractivity contribution in [1.29, 1.82) is 0 Å². The average molecular weight is 229 g/mol. The van der Waals surface area contributed by atoms with E-state index in [2.05, 4.69) is 29.7 Å². The number of rotatable bonds is 5. The van der Waals surface area contributed by atoms with Crippen LogP contribution in [-0.4, -0.2) is 9.67 Å². The minimum atomic E-state index is 0.0982. The molecule has 0 radical (unpaired) electrons. The van der Waals surface area contributed by atoms with Gasteiger partial charge in [0.15, 0.2) is 0 Å². The zero-order valence-corrected chi connectivity index (χ0v) is 10.3. The highest BCUT2D eigenvalue weighted by Gasteiger charge is 2.08. The number of benzene rings is 1. The maximum absolute atomic E-state index is 9.53. The molecule has 1 aromatic heterocycles. The minimum absolute atomic E-state index is 0.0982. The SMILES string of the molecule is CCCCc1ccn(-c2ccccc2)c1CO. The van der Waals surface area contributed by atoms with Crippen molar-refractivity contribution in [2.75, 3.05) is 0 Å². The number of aromatic nitrogens is 1. The quantitative estimate of drug-likeness (QED) is 0.836. The molecule has 90 valence electrons. The van der Waals surface area contributed by atoms with Gasteiger partial charge < -0.3 is 9.67 Å². The molecule has 2 aromatic rings. The molecule has 0 unspecified atom stereocenters. The van der Waals surface area contributed by atoms with Crippen LogP contribution in [0.15, 0.2) is 42.6 Å². The Morgan fingerprint density at radius 3 is 2.53 bits per heavy atom. The van der Waals surface area contributed by atoms with Crippen molar-refractivity contribution in [3.8, 4) is 5.69 Å². The third-order valence-electron chi connectivity index (χ3n) is 3.07. The Kier molecular flexibility index (Phi) is 3.99. The van der Waals surface area contributed by atoms with Crippen molar-refractivity contribution in [2.24, 2.45) is 0 Å². The summed E-state index contributed by atoms with van der Waals surface area (Å²) >= 11 is 0. The highest BCUT2D eigenvalue weighted by Crippen LogP contribution is 2.19. The number of para-hydroxylation sites is 1. The first kappa shape index (κ1) is 11.9. The van der Waals surface area contributed by atoms with Crippen LogP contribution in [0.4, 0.5) is 0 Å². The average Bonchev–Trinajstić information content (AvgIpc) is 2.80. The van der Waals surface area contributed by atoms with Crippen LogP contribution in [0.1, 0.15) is 31.0 Å². The first-order chi connectivity index (χ1) is 8.36. The predicted molar refractivity (Wildman–Crippen MR) is 70.3 cm³/mol. The lowest BCUT2D eigenvalue weighted by Crippen LogP contribution is -2.01. The van der Waals surface area contributed by atoms with Gasteiger partial charge in [0.05, 0.1) is 12.3 Å². The second-order valence-corrected chi connectivity index (χ2v) is 4.25. The van der Waals surface area contributed by atoms with Gasteiger partial charge in [-0.15, -0.1) is 0 Å². The lowest BCUT2D eigenvalue weighted by molar-refractivity contribution is 0.273. The number of aryl methyl sites for hydroxylation is 1. The van der Waals surface area contributed by atoms with Gasteiger partial charge in [-0.3, -0.25) is 0 Å². The molecule has 0 fully saturated rings. The first-order valence-electron chi connectivity index (χ1n) is 6.22. The van der Waals surface area contributed by atoms with Crippen molar-refractivity contribution in [3.05, 3.63) is 53.9 Å². The summed E-state index contributed by atoms with van der Waals surface area (Å²) in [6.45, 7) is 2.29. The third-order valence-corrected chi connectivity index (χ3v) is 3.07. The van der Waals surface area contributed by atoms with Crippen molar-refractivity contribution in [2.45, 2.75) is 32.8 Å². The molecule has 2 heteroatoms. The lowest BCUT2D eigenvalue weighted by atomic mass is 10.1. The molecule has 1 heterocycles. The van der Waals surface area contributed by atoms with E-state index in [4.69, 9.17) is 0 Å². The number of nitrogens with zero attached hydrogens (tertiary/aromatic N) is 1. The van der Waals surface area contributed by atoms with Crippen LogP contribution >= 0.6 is 0 Å². The van der Waals surface area contributed by atoms with Gasteiger partial charge in [-0.2, -0.15) is 0 Å². The molecule has 17 heavy (non-hydrogen) atoms. The molecule has 0 atom stereocenters. The van der Waals surface area contributed by atoms with Crippen molar-refractivity contribution >= 4 is 0 Å². The van der Waals surface area contributed by atoms with Gasteiger partial charge in [-0.1, -0.05) is 31.5 Å². The number of hydrogen-bond donors (Lipinski definition) is 1. The van der Waals surface area contributed by atoms with E-state index in [1.807, 2.05) is 24.4 Å². The second-order valence-electron chi connectivity index (χ2n) is 4.25. The largest absolute Gasteiger partial charge is 0.390 e. The zero-order chi connectivity index (χ0) is 12.1. The molecule has 1 N–H and O–H groups in total. The van der Waals surface area contributed by atoms with Crippen LogP contribution in [-0.2, 0) is 13.0 Å². The third kappa shape index (κ3) is 2.59. The van der Waals surface area contributed by atoms with E-state index in [1.165, 1.54) is 18.4 Å². The van der Waals surface area contributed by atoms with Gasteiger partial charge >= 0.3 is 0 Å². The van der Waals surface area contributed by atoms with Crippen molar-refractivity contribution < 1.29 is 5.11 Å². The molecule has 1 aromatic carbocycles. The second kappa shape index (κ2) is 5.69. The van der Waals surface area contributed by atoms with Gasteiger partial charge in [0.2, 0.25) is 0 Å². The fourth-order valence-corrected chi connectivity index (χ4v) is 2.11. The van der Waals surface area contributed by atoms with Crippen LogP contribution in [0.3, 0.4) is 0 Å². The van der Waals surface area contributed by atoms with Gasteiger partial charge in [-0.25, -0.2) is 0 Å². The predicted octanol–water partition coefficient (Wildman–Crippen LogP) is 3.31. The van der Waals surface area contributed by atoms with E-state index in [-0.39, 0.29) is 6.61 Å². The smallest absolute Gasteiger partial charge is 0.0839 e. The van der Waals surface area contributed by atoms with E-state index in [0.29, 0.717) is 0 Å². The molecule has 0 saturated carbocycles. The Labute approximate surface area is 103 Å². The van der Waals surface area contributed by atoms with Gasteiger partial charge in [0, 0.05) is 11.9 Å². The van der Waals surface area contributed by atoms with Crippen molar-refractivity contribution in [3.63, 3.8) is 0 Å². The topological polar surface area (TPSA) is 25.2 Å². The Morgan fingerprint density at radius 1 is 1.12 bits per heavy atom. The lowest BCUT2D eigenvalue weighted by Gasteiger charge is -2.09. The monoisotopic (exact) mass is 229 g/mol. The summed E-state index contributed by atoms with van der Waals surface area (Å²) < 4.78 is 2.07. The number of aliphatic hydroxyl groups excluding tert-OH is 1. The molecule has 0 spiro atoms. The fourth-order valence-electron chi connectivity index (χ4n) is 2.11. The first-order valence-corrected chi connectivity index (χ1v) is 6.22. The highest BCUT2D eigenvalue weighted by molar-refractivity contribution is 5.37. The Balaban J connectivity index is 2.32. The molecule has 0 amide bonds. The molecule has 2 rings (SSSR count). The fraction of sp³-hybridized carbons (Fsp3) is 0.333. The standard InChI is InChI=1S/C15H19NO/c1-2-3-7-13-10-11-16(15(13)12-17)14-8-5-4-6-9-14/h4-6,8-11,17H,2-3,7,12H2,1H3. The molecular formula is C15H19NO. The summed E-state index contributed by atoms with van der Waals surface area (Å²) in [5, 5.41) is 9.53. The highest BCUT2D eigenvalue weighted by atomic mass is 16.3. The summed E-state index contributed by atoms with van der Waals surface area (Å²) in [5.74, 6) is 0. The minimum Gasteiger partial charge on any atom is -0.390 e. The van der Waals surface area contributed by atoms with Crippen LogP contribution in [0, 0.1) is 0 Å². The summed E-state index contributed by atoms with van der Waals surface area (Å²) in [6, 6.07) is 12.3. The number of aliphatic hydroxyl groups is 1. The molecule has 0 aliphatic heterocycles. The summed E-state index contributed by atoms with van der Waals surface area (Å²) in [6.07, 6.45) is 5.45. The van der Waals surface area contributed by atoms with Crippen LogP contribution in [0.5, 0.6) is 0 Å². The zero-order valence-electron chi connectivity index (χ0n) is 10.3. The van der Waals surface area contributed by atoms with Gasteiger partial charge in [-0.05, 0) is 36.6 Å². The van der Waals surface area contributed by atoms with E-state index in [9.17, 15) is 5.11 Å². The molecule has 0 saturated heterocycles. The maximum atomic E-state index is 9.53. The molecule has 2 nitrogen and oxygen atoms in total. The number of unbranched alkanes of at least 4 members (excludes halogenated alkanes) is 1. The Bertz CT molecular complexity index is 459. The Hall–Kier alpha value is -1.54. The summed E-state index contributed by atoms with van der Waals surface area (Å²) in [5.41, 5.74) is 3.39. The van der Waals surface area contributed by atoms with E-state index >= 15 is 0 Å². The Morgan fingerprint density at radius 2 is 1.88 bits per heavy atom. The molecular weight excluding hydrogens is 210 g/mol. The molecule has 0 aliphatic rings. The van der Waals surface area contributed by atoms with Gasteiger partial charge in [0.25, 0.3) is 0 Å². The normalized spacial score (nSPS) is 10.7.